The molecule has 0 saturated carbocycles. The Kier molecular flexibility index (Phi) is 4.55. The molecule has 3 aliphatic rings. The number of cyclic esters (lactones) is 1. The number of hydrogen-bond acceptors (Lipinski definition) is 6. The first-order valence-corrected chi connectivity index (χ1v) is 10.8. The summed E-state index contributed by atoms with van der Waals surface area (Å²) in [4.78, 5) is 31.6. The lowest BCUT2D eigenvalue weighted by molar-refractivity contribution is -0.122. The fraction of sp³-hybridized carbons (Fsp3) is 0.458. The van der Waals surface area contributed by atoms with Crippen molar-refractivity contribution in [3.63, 3.8) is 0 Å². The molecule has 7 heteroatoms. The number of fused-ring (bicyclic) bond motifs is 3. The van der Waals surface area contributed by atoms with E-state index in [4.69, 9.17) is 9.47 Å². The summed E-state index contributed by atoms with van der Waals surface area (Å²) < 4.78 is 11.2. The first kappa shape index (κ1) is 20.0. The lowest BCUT2D eigenvalue weighted by atomic mass is 9.73. The van der Waals surface area contributed by atoms with Gasteiger partial charge >= 0.3 is 5.97 Å². The molecule has 1 saturated heterocycles. The standard InChI is InChI=1S/C24H27N3O4/c1-15-4-5-19-18(12-15)24(22(29)26-19)6-8-27(9-7-24)10-11-30-16-13-17-20(25-14-16)23(2,3)31-21(17)28/h4-5,12-14H,6-11H2,1-3H3,(H,26,29). The average molecular weight is 421 g/mol. The molecule has 2 aromatic rings. The third-order valence-electron chi connectivity index (χ3n) is 6.76. The number of carbonyl (C=O) groups is 2. The Morgan fingerprint density at radius 1 is 1.19 bits per heavy atom. The van der Waals surface area contributed by atoms with E-state index in [2.05, 4.69) is 28.2 Å². The summed E-state index contributed by atoms with van der Waals surface area (Å²) in [5, 5.41) is 3.07. The normalized spacial score (nSPS) is 20.9. The number of amides is 1. The highest BCUT2D eigenvalue weighted by Crippen LogP contribution is 2.45. The van der Waals surface area contributed by atoms with Crippen LogP contribution in [0, 0.1) is 6.92 Å². The Morgan fingerprint density at radius 2 is 1.97 bits per heavy atom. The molecule has 0 bridgehead atoms. The number of likely N-dealkylation sites (tertiary alicyclic amines) is 1. The summed E-state index contributed by atoms with van der Waals surface area (Å²) >= 11 is 0. The number of piperidine rings is 1. The van der Waals surface area contributed by atoms with Gasteiger partial charge in [0.1, 0.15) is 18.0 Å². The molecule has 1 fully saturated rings. The van der Waals surface area contributed by atoms with Crippen molar-refractivity contribution in [3.8, 4) is 5.75 Å². The number of aromatic nitrogens is 1. The number of aryl methyl sites for hydroxylation is 1. The second kappa shape index (κ2) is 7.05. The number of hydrogen-bond donors (Lipinski definition) is 1. The number of esters is 1. The van der Waals surface area contributed by atoms with Gasteiger partial charge in [-0.2, -0.15) is 0 Å². The van der Waals surface area contributed by atoms with E-state index in [1.54, 1.807) is 12.3 Å². The lowest BCUT2D eigenvalue weighted by Crippen LogP contribution is -2.47. The van der Waals surface area contributed by atoms with Crippen LogP contribution < -0.4 is 10.1 Å². The van der Waals surface area contributed by atoms with Crippen molar-refractivity contribution in [1.82, 2.24) is 9.88 Å². The van der Waals surface area contributed by atoms with Gasteiger partial charge in [0.15, 0.2) is 0 Å². The zero-order chi connectivity index (χ0) is 21.8. The van der Waals surface area contributed by atoms with Gasteiger partial charge in [0.2, 0.25) is 5.91 Å². The fourth-order valence-corrected chi connectivity index (χ4v) is 4.97. The highest BCUT2D eigenvalue weighted by Gasteiger charge is 2.48. The molecule has 1 amide bonds. The zero-order valence-electron chi connectivity index (χ0n) is 18.2. The highest BCUT2D eigenvalue weighted by molar-refractivity contribution is 6.06. The third kappa shape index (κ3) is 3.28. The van der Waals surface area contributed by atoms with Crippen LogP contribution in [0.25, 0.3) is 0 Å². The summed E-state index contributed by atoms with van der Waals surface area (Å²) in [7, 11) is 0. The second-order valence-corrected chi connectivity index (χ2v) is 9.24. The monoisotopic (exact) mass is 421 g/mol. The van der Waals surface area contributed by atoms with Gasteiger partial charge < -0.3 is 14.8 Å². The Hall–Kier alpha value is -2.93. The number of nitrogens with zero attached hydrogens (tertiary/aromatic N) is 2. The van der Waals surface area contributed by atoms with Gasteiger partial charge in [0.05, 0.1) is 22.9 Å². The van der Waals surface area contributed by atoms with Crippen LogP contribution in [0.5, 0.6) is 5.75 Å². The van der Waals surface area contributed by atoms with Crippen LogP contribution in [0.2, 0.25) is 0 Å². The Morgan fingerprint density at radius 3 is 2.74 bits per heavy atom. The van der Waals surface area contributed by atoms with Crippen LogP contribution >= 0.6 is 0 Å². The highest BCUT2D eigenvalue weighted by atomic mass is 16.6. The summed E-state index contributed by atoms with van der Waals surface area (Å²) in [6.07, 6.45) is 3.25. The van der Waals surface area contributed by atoms with Crippen LogP contribution in [0.4, 0.5) is 5.69 Å². The minimum atomic E-state index is -0.696. The molecule has 5 rings (SSSR count). The minimum Gasteiger partial charge on any atom is -0.491 e. The van der Waals surface area contributed by atoms with Gasteiger partial charge in [-0.1, -0.05) is 17.7 Å². The van der Waals surface area contributed by atoms with Crippen LogP contribution in [0.3, 0.4) is 0 Å². The average Bonchev–Trinajstić information content (AvgIpc) is 3.13. The number of pyridine rings is 1. The van der Waals surface area contributed by atoms with Crippen molar-refractivity contribution in [1.29, 1.82) is 0 Å². The molecule has 162 valence electrons. The summed E-state index contributed by atoms with van der Waals surface area (Å²) in [6.45, 7) is 8.66. The molecule has 0 radical (unpaired) electrons. The van der Waals surface area contributed by atoms with Crippen molar-refractivity contribution in [2.45, 2.75) is 44.6 Å². The van der Waals surface area contributed by atoms with E-state index >= 15 is 0 Å². The van der Waals surface area contributed by atoms with E-state index in [0.717, 1.165) is 43.7 Å². The number of rotatable bonds is 4. The third-order valence-corrected chi connectivity index (χ3v) is 6.76. The fourth-order valence-electron chi connectivity index (χ4n) is 4.97. The molecule has 31 heavy (non-hydrogen) atoms. The molecule has 0 unspecified atom stereocenters. The van der Waals surface area contributed by atoms with Crippen molar-refractivity contribution in [2.75, 3.05) is 31.6 Å². The van der Waals surface area contributed by atoms with Gasteiger partial charge in [-0.3, -0.25) is 14.7 Å². The number of anilines is 1. The van der Waals surface area contributed by atoms with Crippen molar-refractivity contribution in [2.24, 2.45) is 0 Å². The molecule has 7 nitrogen and oxygen atoms in total. The van der Waals surface area contributed by atoms with E-state index in [0.29, 0.717) is 23.6 Å². The predicted molar refractivity (Wildman–Crippen MR) is 115 cm³/mol. The topological polar surface area (TPSA) is 80.8 Å². The number of ether oxygens (including phenoxy) is 2. The molecule has 1 N–H and O–H groups in total. The first-order valence-electron chi connectivity index (χ1n) is 10.8. The smallest absolute Gasteiger partial charge is 0.341 e. The number of carbonyl (C=O) groups excluding carboxylic acids is 2. The maximum Gasteiger partial charge on any atom is 0.341 e. The van der Waals surface area contributed by atoms with Gasteiger partial charge in [0.25, 0.3) is 0 Å². The Balaban J connectivity index is 1.19. The Labute approximate surface area is 181 Å². The van der Waals surface area contributed by atoms with Gasteiger partial charge in [-0.25, -0.2) is 4.79 Å². The van der Waals surface area contributed by atoms with Crippen LogP contribution in [0.15, 0.2) is 30.5 Å². The van der Waals surface area contributed by atoms with Crippen molar-refractivity contribution >= 4 is 17.6 Å². The minimum absolute atomic E-state index is 0.128. The summed E-state index contributed by atoms with van der Waals surface area (Å²) in [5.74, 6) is 0.342. The number of benzene rings is 1. The number of nitrogens with one attached hydrogen (secondary N) is 1. The summed E-state index contributed by atoms with van der Waals surface area (Å²) in [5.41, 5.74) is 3.31. The molecule has 3 aliphatic heterocycles. The van der Waals surface area contributed by atoms with E-state index in [1.165, 1.54) is 5.56 Å². The van der Waals surface area contributed by atoms with Crippen molar-refractivity contribution in [3.05, 3.63) is 52.8 Å². The largest absolute Gasteiger partial charge is 0.491 e. The molecule has 0 aliphatic carbocycles. The molecule has 1 aromatic heterocycles. The van der Waals surface area contributed by atoms with E-state index < -0.39 is 11.0 Å². The molecular weight excluding hydrogens is 394 g/mol. The molecule has 1 spiro atoms. The van der Waals surface area contributed by atoms with Crippen LogP contribution in [-0.4, -0.2) is 48.0 Å². The van der Waals surface area contributed by atoms with Crippen molar-refractivity contribution < 1.29 is 19.1 Å². The maximum atomic E-state index is 12.8. The van der Waals surface area contributed by atoms with Gasteiger partial charge in [0, 0.05) is 12.2 Å². The first-order chi connectivity index (χ1) is 14.8. The molecular formula is C24H27N3O4. The van der Waals surface area contributed by atoms with Crippen LogP contribution in [-0.2, 0) is 20.5 Å². The molecule has 4 heterocycles. The summed E-state index contributed by atoms with van der Waals surface area (Å²) in [6, 6.07) is 7.92. The molecule has 0 atom stereocenters. The Bertz CT molecular complexity index is 1070. The molecule has 1 aromatic carbocycles. The van der Waals surface area contributed by atoms with E-state index in [-0.39, 0.29) is 11.9 Å². The van der Waals surface area contributed by atoms with Gasteiger partial charge in [-0.15, -0.1) is 0 Å². The van der Waals surface area contributed by atoms with E-state index in [1.807, 2.05) is 26.0 Å². The second-order valence-electron chi connectivity index (χ2n) is 9.24. The quantitative estimate of drug-likeness (QED) is 0.764. The zero-order valence-corrected chi connectivity index (χ0v) is 18.2. The van der Waals surface area contributed by atoms with E-state index in [9.17, 15) is 9.59 Å². The maximum absolute atomic E-state index is 12.8. The lowest BCUT2D eigenvalue weighted by Gasteiger charge is -2.38. The van der Waals surface area contributed by atoms with Gasteiger partial charge in [-0.05, 0) is 64.4 Å². The van der Waals surface area contributed by atoms with Crippen LogP contribution in [0.1, 0.15) is 53.9 Å². The predicted octanol–water partition coefficient (Wildman–Crippen LogP) is 3.16. The SMILES string of the molecule is Cc1ccc2c(c1)C1(CCN(CCOc3cnc4c(c3)C(=O)OC4(C)C)CC1)C(=O)N2.